The van der Waals surface area contributed by atoms with Crippen molar-refractivity contribution < 1.29 is 4.79 Å². The number of anilines is 1. The molecule has 0 aliphatic heterocycles. The Labute approximate surface area is 97.5 Å². The number of carbonyl (C=O) groups excluding carboxylic acids is 1. The van der Waals surface area contributed by atoms with Crippen molar-refractivity contribution in [3.05, 3.63) is 30.3 Å². The summed E-state index contributed by atoms with van der Waals surface area (Å²) in [6.45, 7) is 7.77. The molecule has 88 valence electrons. The first-order valence-corrected chi connectivity index (χ1v) is 5.63. The number of hydrogen-bond acceptors (Lipinski definition) is 2. The van der Waals surface area contributed by atoms with E-state index in [1.165, 1.54) is 0 Å². The molecule has 1 atom stereocenters. The summed E-state index contributed by atoms with van der Waals surface area (Å²) in [4.78, 5) is 13.3. The van der Waals surface area contributed by atoms with Gasteiger partial charge in [0.25, 0.3) is 0 Å². The van der Waals surface area contributed by atoms with Gasteiger partial charge in [-0.1, -0.05) is 18.2 Å². The van der Waals surface area contributed by atoms with Crippen molar-refractivity contribution in [2.45, 2.75) is 39.9 Å². The van der Waals surface area contributed by atoms with E-state index in [9.17, 15) is 4.79 Å². The molecule has 3 nitrogen and oxygen atoms in total. The van der Waals surface area contributed by atoms with Gasteiger partial charge in [-0.15, -0.1) is 0 Å². The number of amides is 1. The maximum absolute atomic E-state index is 11.1. The Morgan fingerprint density at radius 2 is 1.75 bits per heavy atom. The third-order valence-electron chi connectivity index (χ3n) is 2.44. The Hall–Kier alpha value is -1.51. The van der Waals surface area contributed by atoms with Gasteiger partial charge in [0.2, 0.25) is 5.91 Å². The van der Waals surface area contributed by atoms with E-state index in [2.05, 4.69) is 36.2 Å². The molecule has 1 N–H and O–H groups in total. The summed E-state index contributed by atoms with van der Waals surface area (Å²) in [5.74, 6) is -0.00548. The lowest BCUT2D eigenvalue weighted by Gasteiger charge is -2.35. The van der Waals surface area contributed by atoms with Crippen molar-refractivity contribution in [3.8, 4) is 0 Å². The molecule has 0 aliphatic rings. The van der Waals surface area contributed by atoms with Crippen molar-refractivity contribution in [1.29, 1.82) is 0 Å². The standard InChI is InChI=1S/C13H20N2O/c1-10(2)15(11(3)14-12(4)16)13-8-6-5-7-9-13/h5-11H,1-4H3,(H,14,16). The van der Waals surface area contributed by atoms with E-state index in [4.69, 9.17) is 0 Å². The van der Waals surface area contributed by atoms with Crippen LogP contribution in [0.15, 0.2) is 30.3 Å². The first-order chi connectivity index (χ1) is 7.52. The zero-order valence-corrected chi connectivity index (χ0v) is 10.4. The lowest BCUT2D eigenvalue weighted by molar-refractivity contribution is -0.119. The lowest BCUT2D eigenvalue weighted by Crippen LogP contribution is -2.49. The highest BCUT2D eigenvalue weighted by Gasteiger charge is 2.17. The van der Waals surface area contributed by atoms with Crippen LogP contribution in [0.5, 0.6) is 0 Å². The zero-order valence-electron chi connectivity index (χ0n) is 10.4. The van der Waals surface area contributed by atoms with Crippen molar-refractivity contribution in [2.75, 3.05) is 4.90 Å². The first-order valence-electron chi connectivity index (χ1n) is 5.63. The van der Waals surface area contributed by atoms with E-state index < -0.39 is 0 Å². The quantitative estimate of drug-likeness (QED) is 0.790. The van der Waals surface area contributed by atoms with Gasteiger partial charge in [0.15, 0.2) is 0 Å². The zero-order chi connectivity index (χ0) is 12.1. The van der Waals surface area contributed by atoms with Gasteiger partial charge in [0.05, 0.1) is 6.17 Å². The first kappa shape index (κ1) is 12.6. The van der Waals surface area contributed by atoms with Crippen LogP contribution < -0.4 is 10.2 Å². The lowest BCUT2D eigenvalue weighted by atomic mass is 10.2. The molecule has 0 saturated carbocycles. The number of hydrogen-bond donors (Lipinski definition) is 1. The number of nitrogens with zero attached hydrogens (tertiary/aromatic N) is 1. The normalized spacial score (nSPS) is 12.3. The molecule has 16 heavy (non-hydrogen) atoms. The van der Waals surface area contributed by atoms with Crippen molar-refractivity contribution >= 4 is 11.6 Å². The van der Waals surface area contributed by atoms with E-state index in [0.29, 0.717) is 6.04 Å². The van der Waals surface area contributed by atoms with E-state index in [0.717, 1.165) is 5.69 Å². The molecule has 0 aliphatic carbocycles. The summed E-state index contributed by atoms with van der Waals surface area (Å²) < 4.78 is 0. The van der Waals surface area contributed by atoms with Crippen LogP contribution in [0.25, 0.3) is 0 Å². The fourth-order valence-electron chi connectivity index (χ4n) is 1.93. The average Bonchev–Trinajstić information content (AvgIpc) is 2.17. The second-order valence-corrected chi connectivity index (χ2v) is 4.21. The molecule has 0 radical (unpaired) electrons. The van der Waals surface area contributed by atoms with Crippen LogP contribution in [-0.2, 0) is 4.79 Å². The molecule has 1 amide bonds. The predicted molar refractivity (Wildman–Crippen MR) is 67.3 cm³/mol. The number of rotatable bonds is 4. The molecule has 1 aromatic carbocycles. The van der Waals surface area contributed by atoms with E-state index in [1.54, 1.807) is 6.92 Å². The molecule has 1 aromatic rings. The fraction of sp³-hybridized carbons (Fsp3) is 0.462. The second-order valence-electron chi connectivity index (χ2n) is 4.21. The van der Waals surface area contributed by atoms with Gasteiger partial charge in [-0.2, -0.15) is 0 Å². The highest BCUT2D eigenvalue weighted by atomic mass is 16.1. The maximum atomic E-state index is 11.1. The summed E-state index contributed by atoms with van der Waals surface area (Å²) in [5, 5.41) is 2.91. The maximum Gasteiger partial charge on any atom is 0.218 e. The molecule has 0 saturated heterocycles. The highest BCUT2D eigenvalue weighted by Crippen LogP contribution is 2.18. The second kappa shape index (κ2) is 5.54. The molecular formula is C13H20N2O. The smallest absolute Gasteiger partial charge is 0.218 e. The van der Waals surface area contributed by atoms with Crippen molar-refractivity contribution in [3.63, 3.8) is 0 Å². The average molecular weight is 220 g/mol. The number of nitrogens with one attached hydrogen (secondary N) is 1. The van der Waals surface area contributed by atoms with Crippen LogP contribution in [0.4, 0.5) is 5.69 Å². The summed E-state index contributed by atoms with van der Waals surface area (Å²) in [7, 11) is 0. The topological polar surface area (TPSA) is 32.3 Å². The molecule has 0 heterocycles. The minimum Gasteiger partial charge on any atom is -0.349 e. The van der Waals surface area contributed by atoms with E-state index in [1.807, 2.05) is 25.1 Å². The summed E-state index contributed by atoms with van der Waals surface area (Å²) in [5.41, 5.74) is 1.12. The Balaban J connectivity index is 2.87. The molecule has 0 bridgehead atoms. The van der Waals surface area contributed by atoms with Gasteiger partial charge in [0.1, 0.15) is 0 Å². The van der Waals surface area contributed by atoms with Crippen LogP contribution in [0.2, 0.25) is 0 Å². The molecule has 0 fully saturated rings. The van der Waals surface area contributed by atoms with Crippen LogP contribution in [0.1, 0.15) is 27.7 Å². The largest absolute Gasteiger partial charge is 0.349 e. The van der Waals surface area contributed by atoms with Crippen molar-refractivity contribution in [1.82, 2.24) is 5.32 Å². The fourth-order valence-corrected chi connectivity index (χ4v) is 1.93. The van der Waals surface area contributed by atoms with Gasteiger partial charge >= 0.3 is 0 Å². The highest BCUT2D eigenvalue weighted by molar-refractivity contribution is 5.73. The molecule has 1 rings (SSSR count). The third-order valence-corrected chi connectivity index (χ3v) is 2.44. The Morgan fingerprint density at radius 3 is 2.19 bits per heavy atom. The Kier molecular flexibility index (Phi) is 4.35. The van der Waals surface area contributed by atoms with Crippen LogP contribution in [-0.4, -0.2) is 18.1 Å². The van der Waals surface area contributed by atoms with Gasteiger partial charge in [0, 0.05) is 18.7 Å². The summed E-state index contributed by atoms with van der Waals surface area (Å²) in [6.07, 6.45) is -0.0000926. The number of carbonyl (C=O) groups is 1. The van der Waals surface area contributed by atoms with Gasteiger partial charge < -0.3 is 10.2 Å². The molecule has 1 unspecified atom stereocenters. The minimum atomic E-state index is -0.00548. The molecule has 0 aromatic heterocycles. The van der Waals surface area contributed by atoms with E-state index in [-0.39, 0.29) is 12.1 Å². The minimum absolute atomic E-state index is 0.0000926. The van der Waals surface area contributed by atoms with Crippen LogP contribution in [0.3, 0.4) is 0 Å². The van der Waals surface area contributed by atoms with Gasteiger partial charge in [-0.25, -0.2) is 0 Å². The molecule has 0 spiro atoms. The predicted octanol–water partition coefficient (Wildman–Crippen LogP) is 2.38. The van der Waals surface area contributed by atoms with E-state index >= 15 is 0 Å². The van der Waals surface area contributed by atoms with Crippen molar-refractivity contribution in [2.24, 2.45) is 0 Å². The Morgan fingerprint density at radius 1 is 1.19 bits per heavy atom. The van der Waals surface area contributed by atoms with Gasteiger partial charge in [-0.3, -0.25) is 4.79 Å². The monoisotopic (exact) mass is 220 g/mol. The summed E-state index contributed by atoms with van der Waals surface area (Å²) >= 11 is 0. The third kappa shape index (κ3) is 3.26. The molecule has 3 heteroatoms. The SMILES string of the molecule is CC(=O)NC(C)N(c1ccccc1)C(C)C. The number of para-hydroxylation sites is 1. The van der Waals surface area contributed by atoms with Gasteiger partial charge in [-0.05, 0) is 32.9 Å². The Bertz CT molecular complexity index is 335. The summed E-state index contributed by atoms with van der Waals surface area (Å²) in [6, 6.07) is 10.4. The molecular weight excluding hydrogens is 200 g/mol. The number of benzene rings is 1. The van der Waals surface area contributed by atoms with Crippen LogP contribution >= 0.6 is 0 Å². The van der Waals surface area contributed by atoms with Crippen LogP contribution in [0, 0.1) is 0 Å².